The molecule has 0 aromatic carbocycles. The molecule has 0 saturated heterocycles. The van der Waals surface area contributed by atoms with Crippen molar-refractivity contribution >= 4 is 24.6 Å². The minimum absolute atomic E-state index is 0.590. The van der Waals surface area contributed by atoms with Crippen LogP contribution in [-0.4, -0.2) is 12.2 Å². The summed E-state index contributed by atoms with van der Waals surface area (Å²) >= 11 is 0. The quantitative estimate of drug-likeness (QED) is 0.343. The van der Waals surface area contributed by atoms with Gasteiger partial charge in [0.05, 0.1) is 0 Å². The molecule has 0 radical (unpaired) electrons. The summed E-state index contributed by atoms with van der Waals surface area (Å²) in [6.07, 6.45) is 0. The van der Waals surface area contributed by atoms with Gasteiger partial charge in [-0.25, -0.2) is 0 Å². The van der Waals surface area contributed by atoms with Gasteiger partial charge in [0, 0.05) is 0 Å². The first-order chi connectivity index (χ1) is 2.27. The van der Waals surface area contributed by atoms with Crippen molar-refractivity contribution in [3.05, 3.63) is 0 Å². The Balaban J connectivity index is 2.83. The molecule has 0 aliphatic carbocycles. The fourth-order valence-corrected chi connectivity index (χ4v) is 0. The van der Waals surface area contributed by atoms with E-state index in [1.165, 1.54) is 0 Å². The molecule has 0 heterocycles. The summed E-state index contributed by atoms with van der Waals surface area (Å²) in [5.74, 6) is 0. The summed E-state index contributed by atoms with van der Waals surface area (Å²) in [7, 11) is 5.84. The molecule has 2 unspecified atom stereocenters. The summed E-state index contributed by atoms with van der Waals surface area (Å²) in [5, 5.41) is 0. The van der Waals surface area contributed by atoms with Crippen molar-refractivity contribution in [2.24, 2.45) is 0 Å². The SMILES string of the molecule is CC(P)B=P. The molecule has 0 bridgehead atoms. The summed E-state index contributed by atoms with van der Waals surface area (Å²) in [6.45, 7) is 4.02. The van der Waals surface area contributed by atoms with E-state index in [9.17, 15) is 0 Å². The van der Waals surface area contributed by atoms with Gasteiger partial charge in [0.15, 0.2) is 0 Å². The van der Waals surface area contributed by atoms with E-state index in [0.29, 0.717) is 5.56 Å². The van der Waals surface area contributed by atoms with E-state index in [0.717, 1.165) is 0 Å². The van der Waals surface area contributed by atoms with Crippen LogP contribution in [0.15, 0.2) is 0 Å². The molecule has 2 atom stereocenters. The Morgan fingerprint density at radius 2 is 2.20 bits per heavy atom. The van der Waals surface area contributed by atoms with E-state index < -0.39 is 0 Å². The minimum atomic E-state index is 0.590. The van der Waals surface area contributed by atoms with Crippen LogP contribution < -0.4 is 0 Å². The van der Waals surface area contributed by atoms with Crippen molar-refractivity contribution in [1.82, 2.24) is 0 Å². The zero-order chi connectivity index (χ0) is 4.28. The van der Waals surface area contributed by atoms with E-state index in [4.69, 9.17) is 0 Å². The van der Waals surface area contributed by atoms with Crippen molar-refractivity contribution in [1.29, 1.82) is 0 Å². The van der Waals surface area contributed by atoms with Gasteiger partial charge in [0.2, 0.25) is 0 Å². The van der Waals surface area contributed by atoms with E-state index in [1.54, 1.807) is 0 Å². The van der Waals surface area contributed by atoms with Crippen molar-refractivity contribution in [2.45, 2.75) is 12.5 Å². The number of hydrogen-bond acceptors (Lipinski definition) is 0. The van der Waals surface area contributed by atoms with Gasteiger partial charge in [-0.05, 0) is 0 Å². The van der Waals surface area contributed by atoms with Crippen LogP contribution in [0, 0.1) is 0 Å². The first-order valence-electron chi connectivity index (χ1n) is 1.53. The molecule has 3 heteroatoms. The van der Waals surface area contributed by atoms with Gasteiger partial charge in [-0.15, -0.1) is 0 Å². The van der Waals surface area contributed by atoms with Crippen LogP contribution in [0.5, 0.6) is 0 Å². The van der Waals surface area contributed by atoms with E-state index in [-0.39, 0.29) is 0 Å². The average Bonchev–Trinajstić information content (AvgIpc) is 1.38. The first kappa shape index (κ1) is 5.79. The Kier molecular flexibility index (Phi) is 3.48. The van der Waals surface area contributed by atoms with Crippen molar-refractivity contribution < 1.29 is 0 Å². The molecule has 5 heavy (non-hydrogen) atoms. The molecule has 0 nitrogen and oxygen atoms in total. The van der Waals surface area contributed by atoms with Gasteiger partial charge in [0.1, 0.15) is 0 Å². The van der Waals surface area contributed by atoms with Crippen LogP contribution in [-0.2, 0) is 0 Å². The Morgan fingerprint density at radius 1 is 2.00 bits per heavy atom. The van der Waals surface area contributed by atoms with Gasteiger partial charge >= 0.3 is 37.1 Å². The monoisotopic (exact) mass is 104 g/mol. The van der Waals surface area contributed by atoms with Crippen molar-refractivity contribution in [2.75, 3.05) is 0 Å². The standard InChI is InChI=1S/C2H7BP2/c1-2(4)3-5/h2,5H,4H2,1H3. The van der Waals surface area contributed by atoms with Crippen LogP contribution in [0.1, 0.15) is 6.92 Å². The van der Waals surface area contributed by atoms with Crippen molar-refractivity contribution in [3.63, 3.8) is 0 Å². The third-order valence-electron chi connectivity index (χ3n) is 0.263. The van der Waals surface area contributed by atoms with Gasteiger partial charge in [-0.2, -0.15) is 0 Å². The molecule has 0 fully saturated rings. The van der Waals surface area contributed by atoms with Crippen LogP contribution in [0.3, 0.4) is 0 Å². The maximum atomic E-state index is 3.21. The van der Waals surface area contributed by atoms with Crippen LogP contribution in [0.4, 0.5) is 0 Å². The Bertz CT molecular complexity index is 34.6. The summed E-state index contributed by atoms with van der Waals surface area (Å²) < 4.78 is 0. The van der Waals surface area contributed by atoms with Gasteiger partial charge in [-0.3, -0.25) is 0 Å². The third kappa shape index (κ3) is 4.79. The fourth-order valence-electron chi connectivity index (χ4n) is 0. The van der Waals surface area contributed by atoms with Crippen LogP contribution in [0.2, 0.25) is 0 Å². The molecule has 0 aromatic rings. The molecule has 0 spiro atoms. The number of rotatable bonds is 1. The third-order valence-corrected chi connectivity index (χ3v) is 1.37. The Labute approximate surface area is 37.9 Å². The second kappa shape index (κ2) is 3.00. The summed E-state index contributed by atoms with van der Waals surface area (Å²) in [4.78, 5) is 0. The molecule has 0 aliphatic rings. The predicted molar refractivity (Wildman–Crippen MR) is 33.2 cm³/mol. The normalized spacial score (nSPS) is 13.2. The molecule has 0 aliphatic heterocycles. The zero-order valence-corrected chi connectivity index (χ0v) is 5.39. The van der Waals surface area contributed by atoms with Gasteiger partial charge in [0.25, 0.3) is 0 Å². The molecule has 0 saturated carbocycles. The topological polar surface area (TPSA) is 0 Å². The van der Waals surface area contributed by atoms with Gasteiger partial charge in [-0.1, -0.05) is 0 Å². The fraction of sp³-hybridized carbons (Fsp3) is 1.00. The van der Waals surface area contributed by atoms with Crippen LogP contribution >= 0.6 is 18.0 Å². The van der Waals surface area contributed by atoms with Crippen LogP contribution in [0.25, 0.3) is 0 Å². The second-order valence-electron chi connectivity index (χ2n) is 1.03. The van der Waals surface area contributed by atoms with E-state index >= 15 is 0 Å². The van der Waals surface area contributed by atoms with E-state index in [2.05, 4.69) is 24.9 Å². The maximum absolute atomic E-state index is 3.21. The molecule has 0 aromatic heterocycles. The number of hydrogen-bond donors (Lipinski definition) is 0. The average molecular weight is 104 g/mol. The molecule has 0 N–H and O–H groups in total. The Hall–Kier alpha value is 0.795. The molecule has 0 rings (SSSR count). The second-order valence-corrected chi connectivity index (χ2v) is 2.41. The predicted octanol–water partition coefficient (Wildman–Crippen LogP) is 0.969. The zero-order valence-electron chi connectivity index (χ0n) is 3.23. The van der Waals surface area contributed by atoms with Gasteiger partial charge < -0.3 is 0 Å². The molecular formula is C2H7BP2. The molecule has 0 amide bonds. The summed E-state index contributed by atoms with van der Waals surface area (Å²) in [6, 6.07) is 0. The summed E-state index contributed by atoms with van der Waals surface area (Å²) in [5.41, 5.74) is 0.590. The van der Waals surface area contributed by atoms with E-state index in [1.807, 2.05) is 6.62 Å². The first-order valence-corrected chi connectivity index (χ1v) is 2.78. The molecule has 28 valence electrons. The molecular weight excluding hydrogens is 96.8 g/mol. The Morgan fingerprint density at radius 3 is 2.20 bits per heavy atom. The van der Waals surface area contributed by atoms with Crippen molar-refractivity contribution in [3.8, 4) is 0 Å².